The molecule has 0 bridgehead atoms. The average Bonchev–Trinajstić information content (AvgIpc) is 2.76. The molecular weight excluding hydrogens is 418 g/mol. The van der Waals surface area contributed by atoms with Crippen LogP contribution in [0.4, 0.5) is 0 Å². The van der Waals surface area contributed by atoms with Gasteiger partial charge in [-0.25, -0.2) is 0 Å². The summed E-state index contributed by atoms with van der Waals surface area (Å²) in [5.74, 6) is 1.39. The minimum atomic E-state index is -0.338. The number of para-hydroxylation sites is 1. The van der Waals surface area contributed by atoms with E-state index in [-0.39, 0.29) is 29.4 Å². The van der Waals surface area contributed by atoms with Crippen molar-refractivity contribution in [3.05, 3.63) is 57.5 Å². The second-order valence-corrected chi connectivity index (χ2v) is 7.70. The summed E-state index contributed by atoms with van der Waals surface area (Å²) in [7, 11) is 3.19. The summed E-state index contributed by atoms with van der Waals surface area (Å²) in [4.78, 5) is 25.8. The summed E-state index contributed by atoms with van der Waals surface area (Å²) in [6.07, 6.45) is 4.58. The fourth-order valence-corrected chi connectivity index (χ4v) is 3.99. The molecule has 1 aliphatic rings. The molecule has 1 aromatic carbocycles. The third-order valence-electron chi connectivity index (χ3n) is 5.62. The average molecular weight is 450 g/mol. The molecule has 1 atom stereocenters. The van der Waals surface area contributed by atoms with Crippen LogP contribution in [-0.2, 0) is 13.0 Å². The molecule has 7 nitrogen and oxygen atoms in total. The van der Waals surface area contributed by atoms with Crippen LogP contribution in [0.15, 0.2) is 35.3 Å². The van der Waals surface area contributed by atoms with Gasteiger partial charge in [0.25, 0.3) is 11.5 Å². The smallest absolute Gasteiger partial charge is 0.263 e. The Kier molecular flexibility index (Phi) is 9.40. The third kappa shape index (κ3) is 6.02. The highest BCUT2D eigenvalue weighted by Crippen LogP contribution is 2.30. The molecule has 1 aromatic heterocycles. The van der Waals surface area contributed by atoms with E-state index < -0.39 is 0 Å². The molecule has 1 fully saturated rings. The van der Waals surface area contributed by atoms with Crippen molar-refractivity contribution in [3.8, 4) is 11.5 Å². The standard InChI is InChI=1S/C23H31N3O4.ClH/c1-16-10-13-26(15-17-6-5-11-24-14-17)23(28)20(16)22(27)25-12-9-18-7-4-8-19(29-2)21(18)30-3;/h4,7-8,10,13,17,24H,5-6,9,11-12,14-15H2,1-3H3,(H,25,27);1H. The number of hydrogen-bond donors (Lipinski definition) is 2. The second kappa shape index (κ2) is 11.8. The summed E-state index contributed by atoms with van der Waals surface area (Å²) in [6.45, 7) is 4.76. The summed E-state index contributed by atoms with van der Waals surface area (Å²) in [5.41, 5.74) is 1.62. The molecule has 31 heavy (non-hydrogen) atoms. The van der Waals surface area contributed by atoms with E-state index in [9.17, 15) is 9.59 Å². The monoisotopic (exact) mass is 449 g/mol. The van der Waals surface area contributed by atoms with Crippen LogP contribution < -0.4 is 25.7 Å². The number of halogens is 1. The van der Waals surface area contributed by atoms with Gasteiger partial charge < -0.3 is 24.7 Å². The molecule has 1 unspecified atom stereocenters. The van der Waals surface area contributed by atoms with Gasteiger partial charge in [-0.05, 0) is 68.5 Å². The van der Waals surface area contributed by atoms with Gasteiger partial charge in [0.2, 0.25) is 0 Å². The predicted octanol–water partition coefficient (Wildman–Crippen LogP) is 2.57. The number of methoxy groups -OCH3 is 2. The molecule has 0 saturated carbocycles. The zero-order valence-electron chi connectivity index (χ0n) is 18.4. The zero-order chi connectivity index (χ0) is 21.5. The lowest BCUT2D eigenvalue weighted by Gasteiger charge is -2.23. The van der Waals surface area contributed by atoms with Gasteiger partial charge in [-0.15, -0.1) is 12.4 Å². The highest BCUT2D eigenvalue weighted by atomic mass is 35.5. The number of aryl methyl sites for hydroxylation is 1. The van der Waals surface area contributed by atoms with Crippen LogP contribution in [-0.4, -0.2) is 44.3 Å². The Balaban J connectivity index is 0.00000341. The zero-order valence-corrected chi connectivity index (χ0v) is 19.2. The van der Waals surface area contributed by atoms with Gasteiger partial charge in [0.15, 0.2) is 11.5 Å². The van der Waals surface area contributed by atoms with Crippen LogP contribution in [0, 0.1) is 12.8 Å². The number of aromatic nitrogens is 1. The summed E-state index contributed by atoms with van der Waals surface area (Å²) in [5, 5.41) is 6.26. The van der Waals surface area contributed by atoms with Crippen molar-refractivity contribution in [1.82, 2.24) is 15.2 Å². The lowest BCUT2D eigenvalue weighted by Crippen LogP contribution is -2.38. The van der Waals surface area contributed by atoms with E-state index in [1.54, 1.807) is 31.9 Å². The minimum Gasteiger partial charge on any atom is -0.493 e. The number of nitrogens with one attached hydrogen (secondary N) is 2. The fourth-order valence-electron chi connectivity index (χ4n) is 3.99. The SMILES string of the molecule is COc1cccc(CCNC(=O)c2c(C)ccn(CC3CCCNC3)c2=O)c1OC.Cl. The van der Waals surface area contributed by atoms with E-state index in [4.69, 9.17) is 9.47 Å². The van der Waals surface area contributed by atoms with Gasteiger partial charge in [-0.2, -0.15) is 0 Å². The first-order chi connectivity index (χ1) is 14.5. The van der Waals surface area contributed by atoms with Crippen molar-refractivity contribution in [2.45, 2.75) is 32.7 Å². The number of rotatable bonds is 8. The van der Waals surface area contributed by atoms with Gasteiger partial charge in [0.1, 0.15) is 5.56 Å². The van der Waals surface area contributed by atoms with Crippen LogP contribution >= 0.6 is 12.4 Å². The lowest BCUT2D eigenvalue weighted by atomic mass is 9.99. The van der Waals surface area contributed by atoms with E-state index in [0.717, 1.165) is 31.5 Å². The number of nitrogens with zero attached hydrogens (tertiary/aromatic N) is 1. The Bertz CT molecular complexity index is 939. The number of piperidine rings is 1. The number of carbonyl (C=O) groups excluding carboxylic acids is 1. The van der Waals surface area contributed by atoms with Gasteiger partial charge in [0, 0.05) is 19.3 Å². The predicted molar refractivity (Wildman–Crippen MR) is 124 cm³/mol. The molecule has 2 N–H and O–H groups in total. The van der Waals surface area contributed by atoms with E-state index in [1.807, 2.05) is 24.3 Å². The molecule has 2 aromatic rings. The first-order valence-corrected chi connectivity index (χ1v) is 10.4. The lowest BCUT2D eigenvalue weighted by molar-refractivity contribution is 0.0951. The van der Waals surface area contributed by atoms with Crippen LogP contribution in [0.3, 0.4) is 0 Å². The van der Waals surface area contributed by atoms with Crippen LogP contribution in [0.5, 0.6) is 11.5 Å². The Morgan fingerprint density at radius 3 is 2.74 bits per heavy atom. The van der Waals surface area contributed by atoms with Crippen molar-refractivity contribution in [2.75, 3.05) is 33.9 Å². The molecule has 0 aliphatic carbocycles. The minimum absolute atomic E-state index is 0. The topological polar surface area (TPSA) is 81.6 Å². The fraction of sp³-hybridized carbons (Fsp3) is 0.478. The van der Waals surface area contributed by atoms with Gasteiger partial charge in [0.05, 0.1) is 14.2 Å². The Morgan fingerprint density at radius 2 is 2.06 bits per heavy atom. The van der Waals surface area contributed by atoms with Crippen molar-refractivity contribution < 1.29 is 14.3 Å². The van der Waals surface area contributed by atoms with Crippen molar-refractivity contribution in [2.24, 2.45) is 5.92 Å². The Labute approximate surface area is 189 Å². The molecule has 1 saturated heterocycles. The molecule has 2 heterocycles. The maximum Gasteiger partial charge on any atom is 0.263 e. The largest absolute Gasteiger partial charge is 0.493 e. The van der Waals surface area contributed by atoms with E-state index in [0.29, 0.717) is 42.5 Å². The second-order valence-electron chi connectivity index (χ2n) is 7.70. The molecular formula is C23H32ClN3O4. The van der Waals surface area contributed by atoms with Crippen LogP contribution in [0.2, 0.25) is 0 Å². The Morgan fingerprint density at radius 1 is 1.26 bits per heavy atom. The van der Waals surface area contributed by atoms with E-state index in [1.165, 1.54) is 0 Å². The maximum absolute atomic E-state index is 13.0. The Hall–Kier alpha value is -2.51. The number of pyridine rings is 1. The summed E-state index contributed by atoms with van der Waals surface area (Å²) < 4.78 is 12.4. The van der Waals surface area contributed by atoms with Crippen molar-refractivity contribution in [3.63, 3.8) is 0 Å². The molecule has 1 amide bonds. The normalized spacial score (nSPS) is 15.6. The first kappa shape index (κ1) is 24.8. The number of benzene rings is 1. The summed E-state index contributed by atoms with van der Waals surface area (Å²) in [6, 6.07) is 7.50. The van der Waals surface area contributed by atoms with E-state index >= 15 is 0 Å². The van der Waals surface area contributed by atoms with Crippen LogP contribution in [0.1, 0.15) is 34.3 Å². The maximum atomic E-state index is 13.0. The third-order valence-corrected chi connectivity index (χ3v) is 5.62. The highest BCUT2D eigenvalue weighted by Gasteiger charge is 2.19. The van der Waals surface area contributed by atoms with Crippen molar-refractivity contribution in [1.29, 1.82) is 0 Å². The van der Waals surface area contributed by atoms with Gasteiger partial charge in [-0.3, -0.25) is 9.59 Å². The summed E-state index contributed by atoms with van der Waals surface area (Å²) >= 11 is 0. The molecule has 1 aliphatic heterocycles. The number of ether oxygens (including phenoxy) is 2. The number of hydrogen-bond acceptors (Lipinski definition) is 5. The van der Waals surface area contributed by atoms with Crippen LogP contribution in [0.25, 0.3) is 0 Å². The highest BCUT2D eigenvalue weighted by molar-refractivity contribution is 5.95. The van der Waals surface area contributed by atoms with Gasteiger partial charge in [-0.1, -0.05) is 12.1 Å². The quantitative estimate of drug-likeness (QED) is 0.647. The number of amides is 1. The van der Waals surface area contributed by atoms with Crippen molar-refractivity contribution >= 4 is 18.3 Å². The first-order valence-electron chi connectivity index (χ1n) is 10.4. The number of carbonyl (C=O) groups is 1. The van der Waals surface area contributed by atoms with E-state index in [2.05, 4.69) is 10.6 Å². The molecule has 3 rings (SSSR count). The molecule has 170 valence electrons. The molecule has 0 radical (unpaired) electrons. The molecule has 0 spiro atoms. The molecule has 8 heteroatoms. The van der Waals surface area contributed by atoms with Gasteiger partial charge >= 0.3 is 0 Å².